The van der Waals surface area contributed by atoms with Gasteiger partial charge in [-0.3, -0.25) is 9.69 Å². The first kappa shape index (κ1) is 13.1. The van der Waals surface area contributed by atoms with Crippen LogP contribution in [0.4, 0.5) is 0 Å². The van der Waals surface area contributed by atoms with Gasteiger partial charge < -0.3 is 5.11 Å². The molecule has 1 N–H and O–H groups in total. The molecule has 3 unspecified atom stereocenters. The van der Waals surface area contributed by atoms with Crippen LogP contribution < -0.4 is 0 Å². The molecular weight excluding hydrogens is 306 g/mol. The molecule has 0 amide bonds. The van der Waals surface area contributed by atoms with Gasteiger partial charge in [0.1, 0.15) is 6.04 Å². The topological polar surface area (TPSA) is 40.5 Å². The highest BCUT2D eigenvalue weighted by Crippen LogP contribution is 2.41. The first-order valence-corrected chi connectivity index (χ1v) is 7.64. The predicted octanol–water partition coefficient (Wildman–Crippen LogP) is 3.23. The molecule has 2 aliphatic rings. The van der Waals surface area contributed by atoms with Crippen LogP contribution in [0.2, 0.25) is 0 Å². The van der Waals surface area contributed by atoms with Gasteiger partial charge in [0.05, 0.1) is 0 Å². The van der Waals surface area contributed by atoms with Crippen LogP contribution in [0.25, 0.3) is 0 Å². The molecule has 19 heavy (non-hydrogen) atoms. The highest BCUT2D eigenvalue weighted by atomic mass is 79.9. The number of benzene rings is 1. The zero-order valence-electron chi connectivity index (χ0n) is 11.0. The van der Waals surface area contributed by atoms with E-state index in [9.17, 15) is 9.90 Å². The van der Waals surface area contributed by atoms with E-state index < -0.39 is 5.97 Å². The number of hydrogen-bond acceptors (Lipinski definition) is 2. The second-order valence-corrected chi connectivity index (χ2v) is 6.60. The van der Waals surface area contributed by atoms with Gasteiger partial charge in [-0.05, 0) is 55.0 Å². The fourth-order valence-electron chi connectivity index (χ4n) is 3.62. The number of halogens is 1. The van der Waals surface area contributed by atoms with Gasteiger partial charge in [-0.2, -0.15) is 0 Å². The molecule has 1 saturated heterocycles. The molecule has 3 rings (SSSR count). The Labute approximate surface area is 121 Å². The van der Waals surface area contributed by atoms with Crippen molar-refractivity contribution >= 4 is 21.9 Å². The lowest BCUT2D eigenvalue weighted by molar-refractivity contribution is -0.144. The van der Waals surface area contributed by atoms with E-state index in [-0.39, 0.29) is 18.0 Å². The molecule has 1 aliphatic carbocycles. The van der Waals surface area contributed by atoms with Crippen molar-refractivity contribution in [3.63, 3.8) is 0 Å². The number of aliphatic carboxylic acids is 1. The van der Waals surface area contributed by atoms with Gasteiger partial charge in [-0.1, -0.05) is 28.9 Å². The average Bonchev–Trinajstić information content (AvgIpc) is 2.91. The average molecular weight is 324 g/mol. The van der Waals surface area contributed by atoms with Gasteiger partial charge in [0, 0.05) is 10.5 Å². The third-order valence-electron chi connectivity index (χ3n) is 4.54. The van der Waals surface area contributed by atoms with Crippen molar-refractivity contribution in [3.8, 4) is 0 Å². The monoisotopic (exact) mass is 323 g/mol. The van der Waals surface area contributed by atoms with E-state index in [4.69, 9.17) is 0 Å². The molecule has 0 radical (unpaired) electrons. The van der Waals surface area contributed by atoms with Crippen molar-refractivity contribution in [3.05, 3.63) is 33.8 Å². The summed E-state index contributed by atoms with van der Waals surface area (Å²) in [5.74, 6) is -0.424. The van der Waals surface area contributed by atoms with Crippen LogP contribution in [0.5, 0.6) is 0 Å². The van der Waals surface area contributed by atoms with Crippen LogP contribution in [0.1, 0.15) is 36.9 Å². The number of carboxylic acids is 1. The van der Waals surface area contributed by atoms with Gasteiger partial charge in [-0.25, -0.2) is 0 Å². The zero-order chi connectivity index (χ0) is 13.6. The molecule has 0 spiro atoms. The summed E-state index contributed by atoms with van der Waals surface area (Å²) >= 11 is 3.51. The van der Waals surface area contributed by atoms with E-state index in [1.165, 1.54) is 11.1 Å². The van der Waals surface area contributed by atoms with E-state index in [1.54, 1.807) is 0 Å². The Kier molecular flexibility index (Phi) is 3.39. The molecular formula is C15H18BrNO2. The van der Waals surface area contributed by atoms with Crippen molar-refractivity contribution in [2.24, 2.45) is 5.92 Å². The summed E-state index contributed by atoms with van der Waals surface area (Å²) < 4.78 is 1.11. The Morgan fingerprint density at radius 2 is 2.21 bits per heavy atom. The van der Waals surface area contributed by atoms with Gasteiger partial charge in [0.25, 0.3) is 0 Å². The SMILES string of the molecule is CC1CCN(C2CCc3cc(Br)ccc32)C1C(=O)O. The Balaban J connectivity index is 1.91. The van der Waals surface area contributed by atoms with Crippen LogP contribution >= 0.6 is 15.9 Å². The third kappa shape index (κ3) is 2.21. The summed E-state index contributed by atoms with van der Waals surface area (Å²) in [6.07, 6.45) is 3.08. The van der Waals surface area contributed by atoms with Gasteiger partial charge in [-0.15, -0.1) is 0 Å². The quantitative estimate of drug-likeness (QED) is 0.908. The predicted molar refractivity (Wildman–Crippen MR) is 77.1 cm³/mol. The van der Waals surface area contributed by atoms with Crippen LogP contribution in [-0.2, 0) is 11.2 Å². The maximum atomic E-state index is 11.5. The number of nitrogens with zero attached hydrogens (tertiary/aromatic N) is 1. The van der Waals surface area contributed by atoms with E-state index >= 15 is 0 Å². The first-order valence-electron chi connectivity index (χ1n) is 6.85. The molecule has 4 heteroatoms. The Bertz CT molecular complexity index is 517. The number of carboxylic acid groups (broad SMARTS) is 1. The second-order valence-electron chi connectivity index (χ2n) is 5.68. The maximum absolute atomic E-state index is 11.5. The number of carbonyl (C=O) groups is 1. The number of rotatable bonds is 2. The molecule has 3 nitrogen and oxygen atoms in total. The molecule has 1 aromatic rings. The highest BCUT2D eigenvalue weighted by Gasteiger charge is 2.42. The van der Waals surface area contributed by atoms with Gasteiger partial charge in [0.2, 0.25) is 0 Å². The largest absolute Gasteiger partial charge is 0.480 e. The molecule has 1 aliphatic heterocycles. The number of aryl methyl sites for hydroxylation is 1. The molecule has 1 fully saturated rings. The van der Waals surface area contributed by atoms with Crippen LogP contribution in [0, 0.1) is 5.92 Å². The number of likely N-dealkylation sites (tertiary alicyclic amines) is 1. The fourth-order valence-corrected chi connectivity index (χ4v) is 4.03. The van der Waals surface area contributed by atoms with Crippen molar-refractivity contribution < 1.29 is 9.90 Å². The minimum atomic E-state index is -0.671. The Morgan fingerprint density at radius 1 is 1.42 bits per heavy atom. The van der Waals surface area contributed by atoms with Gasteiger partial charge in [0.15, 0.2) is 0 Å². The lowest BCUT2D eigenvalue weighted by atomic mass is 10.0. The summed E-state index contributed by atoms with van der Waals surface area (Å²) in [4.78, 5) is 13.7. The lowest BCUT2D eigenvalue weighted by Gasteiger charge is -2.30. The van der Waals surface area contributed by atoms with Crippen LogP contribution in [0.15, 0.2) is 22.7 Å². The molecule has 102 valence electrons. The van der Waals surface area contributed by atoms with Crippen molar-refractivity contribution in [1.29, 1.82) is 0 Å². The maximum Gasteiger partial charge on any atom is 0.321 e. The molecule has 0 saturated carbocycles. The van der Waals surface area contributed by atoms with E-state index in [1.807, 2.05) is 0 Å². The molecule has 0 bridgehead atoms. The smallest absolute Gasteiger partial charge is 0.321 e. The summed E-state index contributed by atoms with van der Waals surface area (Å²) in [5, 5.41) is 9.46. The Morgan fingerprint density at radius 3 is 2.95 bits per heavy atom. The van der Waals surface area contributed by atoms with Crippen molar-refractivity contribution in [2.75, 3.05) is 6.54 Å². The molecule has 1 aromatic carbocycles. The summed E-state index contributed by atoms with van der Waals surface area (Å²) in [7, 11) is 0. The summed E-state index contributed by atoms with van der Waals surface area (Å²) in [6.45, 7) is 2.95. The number of fused-ring (bicyclic) bond motifs is 1. The lowest BCUT2D eigenvalue weighted by Crippen LogP contribution is -2.40. The Hall–Kier alpha value is -0.870. The molecule has 3 atom stereocenters. The number of hydrogen-bond donors (Lipinski definition) is 1. The summed E-state index contributed by atoms with van der Waals surface area (Å²) in [5.41, 5.74) is 2.69. The minimum absolute atomic E-state index is 0.247. The molecule has 0 aromatic heterocycles. The standard InChI is InChI=1S/C15H18BrNO2/c1-9-6-7-17(14(9)15(18)19)13-5-2-10-8-11(16)3-4-12(10)13/h3-4,8-9,13-14H,2,5-7H2,1H3,(H,18,19). The normalized spacial score (nSPS) is 30.5. The summed E-state index contributed by atoms with van der Waals surface area (Å²) in [6, 6.07) is 6.35. The van der Waals surface area contributed by atoms with E-state index in [2.05, 4.69) is 46.0 Å². The van der Waals surface area contributed by atoms with Crippen molar-refractivity contribution in [2.45, 2.75) is 38.3 Å². The molecule has 1 heterocycles. The fraction of sp³-hybridized carbons (Fsp3) is 0.533. The zero-order valence-corrected chi connectivity index (χ0v) is 12.6. The van der Waals surface area contributed by atoms with E-state index in [0.29, 0.717) is 0 Å². The first-order chi connectivity index (χ1) is 9.08. The highest BCUT2D eigenvalue weighted by molar-refractivity contribution is 9.10. The third-order valence-corrected chi connectivity index (χ3v) is 5.04. The van der Waals surface area contributed by atoms with Crippen LogP contribution in [0.3, 0.4) is 0 Å². The van der Waals surface area contributed by atoms with Gasteiger partial charge >= 0.3 is 5.97 Å². The minimum Gasteiger partial charge on any atom is -0.480 e. The van der Waals surface area contributed by atoms with E-state index in [0.717, 1.165) is 30.3 Å². The second kappa shape index (κ2) is 4.91. The van der Waals surface area contributed by atoms with Crippen molar-refractivity contribution in [1.82, 2.24) is 4.90 Å². The van der Waals surface area contributed by atoms with Crippen LogP contribution in [-0.4, -0.2) is 28.6 Å².